The van der Waals surface area contributed by atoms with Crippen molar-refractivity contribution in [3.63, 3.8) is 0 Å². The van der Waals surface area contributed by atoms with Crippen LogP contribution in [0.3, 0.4) is 0 Å². The number of aromatic amines is 1. The van der Waals surface area contributed by atoms with E-state index in [0.717, 1.165) is 25.2 Å². The molecule has 0 aliphatic carbocycles. The van der Waals surface area contributed by atoms with Crippen molar-refractivity contribution in [2.45, 2.75) is 25.1 Å². The van der Waals surface area contributed by atoms with E-state index in [-0.39, 0.29) is 18.8 Å². The Kier molecular flexibility index (Phi) is 3.35. The first kappa shape index (κ1) is 10.6. The SMILES string of the molecule is CO[C@@H]1C[C@@H](CO)N(Cc2ccn[nH]2)C1. The number of rotatable bonds is 4. The molecule has 1 aromatic heterocycles. The molecule has 1 fully saturated rings. The van der Waals surface area contributed by atoms with E-state index in [1.807, 2.05) is 6.07 Å². The normalized spacial score (nSPS) is 27.3. The van der Waals surface area contributed by atoms with E-state index in [9.17, 15) is 5.11 Å². The van der Waals surface area contributed by atoms with Gasteiger partial charge in [0.05, 0.1) is 12.7 Å². The number of nitrogens with one attached hydrogen (secondary N) is 1. The van der Waals surface area contributed by atoms with Gasteiger partial charge in [0.15, 0.2) is 0 Å². The summed E-state index contributed by atoms with van der Waals surface area (Å²) in [5, 5.41) is 16.1. The minimum absolute atomic E-state index is 0.188. The molecule has 0 bridgehead atoms. The Bertz CT molecular complexity index is 289. The summed E-state index contributed by atoms with van der Waals surface area (Å²) in [4.78, 5) is 2.22. The number of aliphatic hydroxyl groups excluding tert-OH is 1. The van der Waals surface area contributed by atoms with Crippen LogP contribution in [0.1, 0.15) is 12.1 Å². The molecule has 5 nitrogen and oxygen atoms in total. The lowest BCUT2D eigenvalue weighted by atomic mass is 10.2. The fraction of sp³-hybridized carbons (Fsp3) is 0.700. The first-order valence-electron chi connectivity index (χ1n) is 5.19. The summed E-state index contributed by atoms with van der Waals surface area (Å²) in [5.41, 5.74) is 1.07. The van der Waals surface area contributed by atoms with Gasteiger partial charge < -0.3 is 9.84 Å². The predicted octanol–water partition coefficient (Wildman–Crippen LogP) is -0.00870. The number of H-pyrrole nitrogens is 1. The molecular formula is C10H17N3O2. The van der Waals surface area contributed by atoms with Crippen molar-refractivity contribution < 1.29 is 9.84 Å². The smallest absolute Gasteiger partial charge is 0.0714 e. The molecule has 0 aromatic carbocycles. The quantitative estimate of drug-likeness (QED) is 0.735. The maximum atomic E-state index is 9.26. The zero-order chi connectivity index (χ0) is 10.7. The fourth-order valence-corrected chi connectivity index (χ4v) is 2.08. The molecule has 0 radical (unpaired) electrons. The largest absolute Gasteiger partial charge is 0.395 e. The predicted molar refractivity (Wildman–Crippen MR) is 55.3 cm³/mol. The molecule has 1 saturated heterocycles. The van der Waals surface area contributed by atoms with E-state index in [1.54, 1.807) is 13.3 Å². The van der Waals surface area contributed by atoms with Crippen molar-refractivity contribution in [3.05, 3.63) is 18.0 Å². The number of hydrogen-bond acceptors (Lipinski definition) is 4. The zero-order valence-electron chi connectivity index (χ0n) is 8.89. The Morgan fingerprint density at radius 1 is 1.73 bits per heavy atom. The standard InChI is InChI=1S/C10H17N3O2/c1-15-10-4-9(7-14)13(6-10)5-8-2-3-11-12-8/h2-3,9-10,14H,4-7H2,1H3,(H,11,12)/t9-,10+/m0/s1. The fourth-order valence-electron chi connectivity index (χ4n) is 2.08. The van der Waals surface area contributed by atoms with Crippen LogP contribution in [0.25, 0.3) is 0 Å². The lowest BCUT2D eigenvalue weighted by molar-refractivity contribution is 0.107. The number of aromatic nitrogens is 2. The van der Waals surface area contributed by atoms with Gasteiger partial charge in [-0.05, 0) is 12.5 Å². The van der Waals surface area contributed by atoms with Crippen LogP contribution < -0.4 is 0 Å². The first-order valence-corrected chi connectivity index (χ1v) is 5.19. The van der Waals surface area contributed by atoms with Crippen molar-refractivity contribution in [3.8, 4) is 0 Å². The summed E-state index contributed by atoms with van der Waals surface area (Å²) in [6.45, 7) is 1.86. The van der Waals surface area contributed by atoms with Crippen LogP contribution in [0.5, 0.6) is 0 Å². The second kappa shape index (κ2) is 4.74. The number of likely N-dealkylation sites (tertiary alicyclic amines) is 1. The van der Waals surface area contributed by atoms with Crippen LogP contribution in [-0.4, -0.2) is 52.6 Å². The molecule has 0 saturated carbocycles. The van der Waals surface area contributed by atoms with Crippen LogP contribution in [0.4, 0.5) is 0 Å². The van der Waals surface area contributed by atoms with Gasteiger partial charge in [-0.25, -0.2) is 0 Å². The van der Waals surface area contributed by atoms with E-state index >= 15 is 0 Å². The van der Waals surface area contributed by atoms with Crippen LogP contribution in [0, 0.1) is 0 Å². The number of ether oxygens (including phenoxy) is 1. The third-order valence-electron chi connectivity index (χ3n) is 2.97. The zero-order valence-corrected chi connectivity index (χ0v) is 8.89. The van der Waals surface area contributed by atoms with Gasteiger partial charge in [-0.15, -0.1) is 0 Å². The highest BCUT2D eigenvalue weighted by Gasteiger charge is 2.31. The highest BCUT2D eigenvalue weighted by atomic mass is 16.5. The van der Waals surface area contributed by atoms with E-state index in [1.165, 1.54) is 0 Å². The van der Waals surface area contributed by atoms with E-state index < -0.39 is 0 Å². The molecule has 2 heterocycles. The summed E-state index contributed by atoms with van der Waals surface area (Å²) in [7, 11) is 1.72. The lowest BCUT2D eigenvalue weighted by Crippen LogP contribution is -2.32. The molecule has 84 valence electrons. The maximum Gasteiger partial charge on any atom is 0.0714 e. The Hall–Kier alpha value is -0.910. The number of aliphatic hydroxyl groups is 1. The molecule has 2 N–H and O–H groups in total. The summed E-state index contributed by atoms with van der Waals surface area (Å²) < 4.78 is 5.31. The van der Waals surface area contributed by atoms with E-state index in [0.29, 0.717) is 0 Å². The lowest BCUT2D eigenvalue weighted by Gasteiger charge is -2.21. The maximum absolute atomic E-state index is 9.26. The van der Waals surface area contributed by atoms with Gasteiger partial charge in [-0.2, -0.15) is 5.10 Å². The molecule has 0 amide bonds. The average Bonchev–Trinajstić information content (AvgIpc) is 2.87. The molecule has 0 spiro atoms. The summed E-state index contributed by atoms with van der Waals surface area (Å²) in [6.07, 6.45) is 2.89. The number of hydrogen-bond donors (Lipinski definition) is 2. The minimum Gasteiger partial charge on any atom is -0.395 e. The molecule has 1 aromatic rings. The van der Waals surface area contributed by atoms with Gasteiger partial charge in [0.2, 0.25) is 0 Å². The van der Waals surface area contributed by atoms with Gasteiger partial charge in [0, 0.05) is 38.1 Å². The number of methoxy groups -OCH3 is 1. The van der Waals surface area contributed by atoms with Crippen molar-refractivity contribution in [1.82, 2.24) is 15.1 Å². The highest BCUT2D eigenvalue weighted by Crippen LogP contribution is 2.21. The summed E-state index contributed by atoms with van der Waals surface area (Å²) in [6, 6.07) is 2.16. The van der Waals surface area contributed by atoms with Crippen molar-refractivity contribution in [2.75, 3.05) is 20.3 Å². The number of nitrogens with zero attached hydrogens (tertiary/aromatic N) is 2. The Morgan fingerprint density at radius 3 is 3.20 bits per heavy atom. The molecule has 0 unspecified atom stereocenters. The monoisotopic (exact) mass is 211 g/mol. The molecule has 2 rings (SSSR count). The van der Waals surface area contributed by atoms with Gasteiger partial charge in [0.1, 0.15) is 0 Å². The van der Waals surface area contributed by atoms with Crippen LogP contribution in [0.15, 0.2) is 12.3 Å². The van der Waals surface area contributed by atoms with E-state index in [2.05, 4.69) is 15.1 Å². The Balaban J connectivity index is 1.96. The van der Waals surface area contributed by atoms with Gasteiger partial charge in [-0.3, -0.25) is 10.00 Å². The van der Waals surface area contributed by atoms with Crippen LogP contribution in [-0.2, 0) is 11.3 Å². The highest BCUT2D eigenvalue weighted by molar-refractivity contribution is 4.99. The molecule has 1 aliphatic rings. The Labute approximate surface area is 89.0 Å². The topological polar surface area (TPSA) is 61.4 Å². The van der Waals surface area contributed by atoms with Crippen LogP contribution >= 0.6 is 0 Å². The van der Waals surface area contributed by atoms with Crippen molar-refractivity contribution >= 4 is 0 Å². The molecule has 2 atom stereocenters. The van der Waals surface area contributed by atoms with Gasteiger partial charge in [-0.1, -0.05) is 0 Å². The molecule has 1 aliphatic heterocycles. The van der Waals surface area contributed by atoms with Gasteiger partial charge in [0.25, 0.3) is 0 Å². The molecule has 15 heavy (non-hydrogen) atoms. The third kappa shape index (κ3) is 2.37. The van der Waals surface area contributed by atoms with Crippen molar-refractivity contribution in [2.24, 2.45) is 0 Å². The average molecular weight is 211 g/mol. The van der Waals surface area contributed by atoms with E-state index in [4.69, 9.17) is 4.74 Å². The van der Waals surface area contributed by atoms with Gasteiger partial charge >= 0.3 is 0 Å². The summed E-state index contributed by atoms with van der Waals surface area (Å²) in [5.74, 6) is 0. The second-order valence-electron chi connectivity index (χ2n) is 3.94. The Morgan fingerprint density at radius 2 is 2.60 bits per heavy atom. The summed E-state index contributed by atoms with van der Waals surface area (Å²) >= 11 is 0. The van der Waals surface area contributed by atoms with Crippen LogP contribution in [0.2, 0.25) is 0 Å². The second-order valence-corrected chi connectivity index (χ2v) is 3.94. The minimum atomic E-state index is 0.188. The third-order valence-corrected chi connectivity index (χ3v) is 2.97. The molecular weight excluding hydrogens is 194 g/mol. The molecule has 5 heteroatoms. The first-order chi connectivity index (χ1) is 7.33. The van der Waals surface area contributed by atoms with Crippen molar-refractivity contribution in [1.29, 1.82) is 0 Å².